The molecule has 0 unspecified atom stereocenters. The molecule has 0 radical (unpaired) electrons. The molecular weight excluding hydrogens is 298 g/mol. The van der Waals surface area contributed by atoms with E-state index in [9.17, 15) is 14.4 Å². The second-order valence-corrected chi connectivity index (χ2v) is 5.08. The van der Waals surface area contributed by atoms with Crippen molar-refractivity contribution in [2.24, 2.45) is 0 Å². The summed E-state index contributed by atoms with van der Waals surface area (Å²) in [6.45, 7) is 9.10. The number of carbonyl (C=O) groups excluding carboxylic acids is 3. The molecule has 0 heterocycles. The molecule has 0 bridgehead atoms. The fourth-order valence-corrected chi connectivity index (χ4v) is 2.09. The van der Waals surface area contributed by atoms with Gasteiger partial charge in [-0.15, -0.1) is 0 Å². The molecule has 0 N–H and O–H groups in total. The Morgan fingerprint density at radius 1 is 1.26 bits per heavy atom. The van der Waals surface area contributed by atoms with Gasteiger partial charge in [-0.25, -0.2) is 0 Å². The Balaban J connectivity index is 2.75. The number of imide groups is 1. The smallest absolute Gasteiger partial charge is 0.314 e. The van der Waals surface area contributed by atoms with Gasteiger partial charge in [0.25, 0.3) is 11.8 Å². The van der Waals surface area contributed by atoms with Crippen molar-refractivity contribution >= 4 is 17.8 Å². The van der Waals surface area contributed by atoms with E-state index < -0.39 is 17.8 Å². The van der Waals surface area contributed by atoms with Crippen LogP contribution in [0.4, 0.5) is 0 Å². The highest BCUT2D eigenvalue weighted by Crippen LogP contribution is 2.32. The van der Waals surface area contributed by atoms with Crippen LogP contribution in [-0.4, -0.2) is 36.0 Å². The summed E-state index contributed by atoms with van der Waals surface area (Å²) in [4.78, 5) is 36.8. The van der Waals surface area contributed by atoms with Crippen LogP contribution in [0.1, 0.15) is 39.0 Å². The van der Waals surface area contributed by atoms with Crippen LogP contribution >= 0.6 is 0 Å². The van der Waals surface area contributed by atoms with Gasteiger partial charge in [0.05, 0.1) is 12.7 Å². The van der Waals surface area contributed by atoms with Gasteiger partial charge in [0.15, 0.2) is 0 Å². The van der Waals surface area contributed by atoms with Crippen molar-refractivity contribution < 1.29 is 23.9 Å². The van der Waals surface area contributed by atoms with Crippen molar-refractivity contribution in [1.29, 1.82) is 0 Å². The summed E-state index contributed by atoms with van der Waals surface area (Å²) in [6, 6.07) is 0. The molecule has 0 aromatic rings. The third kappa shape index (κ3) is 5.49. The predicted octanol–water partition coefficient (Wildman–Crippen LogP) is 2.47. The molecule has 0 aromatic heterocycles. The summed E-state index contributed by atoms with van der Waals surface area (Å²) in [5, 5.41) is 0. The molecule has 0 saturated heterocycles. The Morgan fingerprint density at radius 3 is 2.52 bits per heavy atom. The minimum Gasteiger partial charge on any atom is -0.435 e. The molecule has 2 amide bonds. The molecule has 0 spiro atoms. The summed E-state index contributed by atoms with van der Waals surface area (Å²) >= 11 is 0. The maximum absolute atomic E-state index is 12.5. The first-order valence-electron chi connectivity index (χ1n) is 7.62. The van der Waals surface area contributed by atoms with Gasteiger partial charge >= 0.3 is 5.97 Å². The lowest BCUT2D eigenvalue weighted by atomic mass is 9.85. The largest absolute Gasteiger partial charge is 0.435 e. The monoisotopic (exact) mass is 321 g/mol. The van der Waals surface area contributed by atoms with Crippen LogP contribution in [0.15, 0.2) is 36.6 Å². The molecule has 0 atom stereocenters. The number of rotatable bonds is 10. The highest BCUT2D eigenvalue weighted by atomic mass is 16.5. The minimum atomic E-state index is -0.515. The van der Waals surface area contributed by atoms with E-state index in [2.05, 4.69) is 17.9 Å². The predicted molar refractivity (Wildman–Crippen MR) is 84.9 cm³/mol. The van der Waals surface area contributed by atoms with Crippen LogP contribution in [0.25, 0.3) is 0 Å². The van der Waals surface area contributed by atoms with Crippen molar-refractivity contribution in [3.63, 3.8) is 0 Å². The molecule has 6 heteroatoms. The molecule has 23 heavy (non-hydrogen) atoms. The van der Waals surface area contributed by atoms with Crippen molar-refractivity contribution in [1.82, 2.24) is 4.90 Å². The lowest BCUT2D eigenvalue weighted by molar-refractivity contribution is -0.146. The third-order valence-electron chi connectivity index (χ3n) is 3.48. The Morgan fingerprint density at radius 2 is 2.00 bits per heavy atom. The summed E-state index contributed by atoms with van der Waals surface area (Å²) < 4.78 is 10.0. The summed E-state index contributed by atoms with van der Waals surface area (Å²) in [5.74, 6) is -1.42. The van der Waals surface area contributed by atoms with E-state index in [0.717, 1.165) is 30.1 Å². The highest BCUT2D eigenvalue weighted by Gasteiger charge is 2.31. The first-order valence-corrected chi connectivity index (χ1v) is 7.62. The van der Waals surface area contributed by atoms with Crippen LogP contribution in [0, 0.1) is 0 Å². The maximum atomic E-state index is 12.5. The second-order valence-electron chi connectivity index (χ2n) is 5.08. The zero-order valence-electron chi connectivity index (χ0n) is 13.5. The Hall–Kier alpha value is -2.21. The number of ether oxygens (including phenoxy) is 2. The minimum absolute atomic E-state index is 0.0277. The number of unbranched alkanes of at least 4 members (excludes halogenated alkanes) is 1. The number of nitrogens with zero attached hydrogens (tertiary/aromatic N) is 1. The summed E-state index contributed by atoms with van der Waals surface area (Å²) in [6.07, 6.45) is 5.14. The highest BCUT2D eigenvalue weighted by molar-refractivity contribution is 6.08. The van der Waals surface area contributed by atoms with Crippen LogP contribution in [0.5, 0.6) is 0 Å². The van der Waals surface area contributed by atoms with E-state index in [1.807, 2.05) is 6.92 Å². The number of carbonyl (C=O) groups is 3. The molecule has 1 aliphatic carbocycles. The summed E-state index contributed by atoms with van der Waals surface area (Å²) in [5.41, 5.74) is 1.16. The van der Waals surface area contributed by atoms with E-state index >= 15 is 0 Å². The Kier molecular flexibility index (Phi) is 7.97. The van der Waals surface area contributed by atoms with Crippen LogP contribution in [0.3, 0.4) is 0 Å². The van der Waals surface area contributed by atoms with Crippen LogP contribution in [0.2, 0.25) is 0 Å². The molecular formula is C17H23NO5. The first kappa shape index (κ1) is 18.8. The van der Waals surface area contributed by atoms with E-state index in [-0.39, 0.29) is 13.2 Å². The zero-order valence-corrected chi connectivity index (χ0v) is 13.5. The lowest BCUT2D eigenvalue weighted by Gasteiger charge is -2.27. The van der Waals surface area contributed by atoms with Gasteiger partial charge in [0.2, 0.25) is 0 Å². The van der Waals surface area contributed by atoms with Gasteiger partial charge in [-0.3, -0.25) is 19.3 Å². The SMILES string of the molecule is C=COC(=O)CC1=C(C(=O)N(COCCCC)C(=O)C=C)CC1. The van der Waals surface area contributed by atoms with Gasteiger partial charge in [0.1, 0.15) is 6.73 Å². The van der Waals surface area contributed by atoms with E-state index in [1.165, 1.54) is 0 Å². The molecule has 0 aromatic carbocycles. The van der Waals surface area contributed by atoms with Gasteiger partial charge in [-0.05, 0) is 25.3 Å². The van der Waals surface area contributed by atoms with Crippen LogP contribution in [-0.2, 0) is 23.9 Å². The van der Waals surface area contributed by atoms with Crippen molar-refractivity contribution in [3.8, 4) is 0 Å². The van der Waals surface area contributed by atoms with Gasteiger partial charge in [-0.2, -0.15) is 0 Å². The van der Waals surface area contributed by atoms with E-state index in [1.54, 1.807) is 0 Å². The fourth-order valence-electron chi connectivity index (χ4n) is 2.09. The second kappa shape index (κ2) is 9.74. The third-order valence-corrected chi connectivity index (χ3v) is 3.48. The van der Waals surface area contributed by atoms with Crippen molar-refractivity contribution in [2.75, 3.05) is 13.3 Å². The molecule has 0 saturated carbocycles. The normalized spacial score (nSPS) is 13.1. The standard InChI is InChI=1S/C17H23NO5/c1-4-7-10-22-12-18(15(19)5-2)17(21)14-9-8-13(14)11-16(20)23-6-3/h5-6H,2-4,7-12H2,1H3. The lowest BCUT2D eigenvalue weighted by Crippen LogP contribution is -2.40. The Labute approximate surface area is 136 Å². The maximum Gasteiger partial charge on any atom is 0.314 e. The number of hydrogen-bond acceptors (Lipinski definition) is 5. The first-order chi connectivity index (χ1) is 11.0. The van der Waals surface area contributed by atoms with Crippen LogP contribution < -0.4 is 0 Å². The molecule has 6 nitrogen and oxygen atoms in total. The molecule has 1 rings (SSSR count). The topological polar surface area (TPSA) is 72.9 Å². The quantitative estimate of drug-likeness (QED) is 0.203. The average molecular weight is 321 g/mol. The number of hydrogen-bond donors (Lipinski definition) is 0. The number of esters is 1. The molecule has 1 aliphatic rings. The molecule has 0 fully saturated rings. The van der Waals surface area contributed by atoms with Gasteiger partial charge in [0, 0.05) is 12.2 Å². The zero-order chi connectivity index (χ0) is 17.2. The van der Waals surface area contributed by atoms with Crippen molar-refractivity contribution in [3.05, 3.63) is 36.6 Å². The van der Waals surface area contributed by atoms with E-state index in [0.29, 0.717) is 30.6 Å². The van der Waals surface area contributed by atoms with Gasteiger partial charge in [-0.1, -0.05) is 32.1 Å². The van der Waals surface area contributed by atoms with E-state index in [4.69, 9.17) is 4.74 Å². The average Bonchev–Trinajstić information content (AvgIpc) is 2.51. The summed E-state index contributed by atoms with van der Waals surface area (Å²) in [7, 11) is 0. The molecule has 126 valence electrons. The number of amides is 2. The van der Waals surface area contributed by atoms with Gasteiger partial charge < -0.3 is 9.47 Å². The molecule has 0 aliphatic heterocycles. The van der Waals surface area contributed by atoms with Crippen molar-refractivity contribution in [2.45, 2.75) is 39.0 Å². The fraction of sp³-hybridized carbons (Fsp3) is 0.471. The Bertz CT molecular complexity index is 521.